The Morgan fingerprint density at radius 2 is 1.89 bits per heavy atom. The third-order valence-electron chi connectivity index (χ3n) is 7.47. The molecule has 5 heterocycles. The largest absolute Gasteiger partial charge is 0.329 e. The van der Waals surface area contributed by atoms with Gasteiger partial charge in [-0.05, 0) is 31.9 Å². The average Bonchev–Trinajstić information content (AvgIpc) is 3.51. The molecule has 9 heteroatoms. The molecule has 0 radical (unpaired) electrons. The molecule has 36 heavy (non-hydrogen) atoms. The van der Waals surface area contributed by atoms with Gasteiger partial charge in [0.2, 0.25) is 11.4 Å². The van der Waals surface area contributed by atoms with Gasteiger partial charge in [-0.3, -0.25) is 19.6 Å². The molecule has 184 valence electrons. The number of hydrogen-bond acceptors (Lipinski definition) is 4. The number of benzene rings is 1. The number of aromatic nitrogens is 5. The van der Waals surface area contributed by atoms with Crippen LogP contribution < -0.4 is 4.57 Å². The van der Waals surface area contributed by atoms with E-state index >= 15 is 0 Å². The van der Waals surface area contributed by atoms with Crippen LogP contribution in [0.2, 0.25) is 0 Å². The fourth-order valence-electron chi connectivity index (χ4n) is 5.57. The van der Waals surface area contributed by atoms with Crippen LogP contribution in [0.3, 0.4) is 0 Å². The van der Waals surface area contributed by atoms with E-state index in [9.17, 15) is 9.59 Å². The Morgan fingerprint density at radius 1 is 1.14 bits per heavy atom. The third kappa shape index (κ3) is 3.18. The number of piperazine rings is 1. The summed E-state index contributed by atoms with van der Waals surface area (Å²) in [5, 5.41) is 11.9. The average molecular weight is 485 g/mol. The second kappa shape index (κ2) is 7.74. The number of carbonyl (C=O) groups excluding carboxylic acids is 2. The van der Waals surface area contributed by atoms with Gasteiger partial charge in [0.1, 0.15) is 11.4 Å². The van der Waals surface area contributed by atoms with Crippen molar-refractivity contribution in [3.63, 3.8) is 0 Å². The Labute approximate surface area is 209 Å². The molecule has 2 aliphatic rings. The van der Waals surface area contributed by atoms with Crippen molar-refractivity contribution in [2.75, 3.05) is 19.6 Å². The highest BCUT2D eigenvalue weighted by Gasteiger charge is 2.57. The normalized spacial score (nSPS) is 19.3. The van der Waals surface area contributed by atoms with E-state index in [1.807, 2.05) is 29.5 Å². The van der Waals surface area contributed by atoms with Crippen molar-refractivity contribution >= 4 is 17.5 Å². The summed E-state index contributed by atoms with van der Waals surface area (Å²) in [5.41, 5.74) is 6.19. The van der Waals surface area contributed by atoms with Crippen molar-refractivity contribution in [3.8, 4) is 11.3 Å². The Bertz CT molecular complexity index is 1530. The summed E-state index contributed by atoms with van der Waals surface area (Å²) in [6, 6.07) is 12.2. The highest BCUT2D eigenvalue weighted by molar-refractivity contribution is 5.95. The molecule has 1 saturated heterocycles. The Morgan fingerprint density at radius 3 is 2.56 bits per heavy atom. The zero-order valence-corrected chi connectivity index (χ0v) is 21.2. The zero-order chi connectivity index (χ0) is 25.4. The van der Waals surface area contributed by atoms with E-state index in [0.29, 0.717) is 31.0 Å². The molecule has 9 nitrogen and oxygen atoms in total. The lowest BCUT2D eigenvalue weighted by Gasteiger charge is -2.42. The van der Waals surface area contributed by atoms with Gasteiger partial charge in [0, 0.05) is 36.8 Å². The molecule has 4 aromatic rings. The predicted molar refractivity (Wildman–Crippen MR) is 134 cm³/mol. The maximum atomic E-state index is 13.6. The number of hydrogen-bond donors (Lipinski definition) is 1. The van der Waals surface area contributed by atoms with E-state index in [4.69, 9.17) is 5.10 Å². The monoisotopic (exact) mass is 484 g/mol. The number of aryl methyl sites for hydroxylation is 2. The number of carbonyl (C=O) groups is 2. The van der Waals surface area contributed by atoms with Crippen LogP contribution in [0.15, 0.2) is 42.6 Å². The molecule has 2 amide bonds. The highest BCUT2D eigenvalue weighted by atomic mass is 16.2. The molecule has 6 rings (SSSR count). The first-order valence-electron chi connectivity index (χ1n) is 12.4. The Hall–Kier alpha value is -4.01. The molecular formula is C27H30N7O2+. The number of fused-ring (bicyclic) bond motifs is 5. The molecule has 1 fully saturated rings. The lowest BCUT2D eigenvalue weighted by Crippen LogP contribution is -2.69. The van der Waals surface area contributed by atoms with E-state index < -0.39 is 5.66 Å². The minimum atomic E-state index is -0.725. The summed E-state index contributed by atoms with van der Waals surface area (Å²) < 4.78 is 3.93. The number of nitrogens with one attached hydrogen (secondary N) is 1. The van der Waals surface area contributed by atoms with Gasteiger partial charge in [-0.1, -0.05) is 53.3 Å². The lowest BCUT2D eigenvalue weighted by molar-refractivity contribution is -0.749. The predicted octanol–water partition coefficient (Wildman–Crippen LogP) is 3.04. The van der Waals surface area contributed by atoms with Gasteiger partial charge in [-0.15, -0.1) is 0 Å². The van der Waals surface area contributed by atoms with E-state index in [1.165, 1.54) is 5.56 Å². The van der Waals surface area contributed by atoms with Crippen molar-refractivity contribution in [2.24, 2.45) is 0 Å². The van der Waals surface area contributed by atoms with Gasteiger partial charge in [0.25, 0.3) is 5.91 Å². The second-order valence-corrected chi connectivity index (χ2v) is 10.5. The van der Waals surface area contributed by atoms with Gasteiger partial charge in [-0.2, -0.15) is 9.67 Å². The SMILES string of the molecule is Cc1ccc(-c2cc(C(C)C)c3n(cc4[n+]3C3(C)CN(C(=O)c5cc(C)[nH]n5)CCN3C4=O)n2)cc1. The minimum absolute atomic E-state index is 0.0303. The maximum Gasteiger partial charge on any atom is 0.313 e. The number of H-pyrrole nitrogens is 1. The summed E-state index contributed by atoms with van der Waals surface area (Å²) >= 11 is 0. The molecule has 3 aromatic heterocycles. The van der Waals surface area contributed by atoms with Crippen molar-refractivity contribution < 1.29 is 14.2 Å². The van der Waals surface area contributed by atoms with Crippen LogP contribution in [0.1, 0.15) is 64.5 Å². The van der Waals surface area contributed by atoms with Crippen LogP contribution in [0, 0.1) is 13.8 Å². The molecular weight excluding hydrogens is 454 g/mol. The van der Waals surface area contributed by atoms with Crippen LogP contribution in [0.5, 0.6) is 0 Å². The van der Waals surface area contributed by atoms with E-state index in [-0.39, 0.29) is 17.7 Å². The first-order chi connectivity index (χ1) is 17.2. The van der Waals surface area contributed by atoms with Crippen LogP contribution in [0.25, 0.3) is 16.9 Å². The lowest BCUT2D eigenvalue weighted by atomic mass is 10.0. The number of rotatable bonds is 3. The summed E-state index contributed by atoms with van der Waals surface area (Å²) in [6.45, 7) is 11.6. The third-order valence-corrected chi connectivity index (χ3v) is 7.47. The number of amides is 2. The summed E-state index contributed by atoms with van der Waals surface area (Å²) in [7, 11) is 0. The molecule has 0 bridgehead atoms. The van der Waals surface area contributed by atoms with Crippen molar-refractivity contribution in [3.05, 3.63) is 70.8 Å². The molecule has 2 aliphatic heterocycles. The van der Waals surface area contributed by atoms with Crippen LogP contribution >= 0.6 is 0 Å². The minimum Gasteiger partial charge on any atom is -0.329 e. The fraction of sp³-hybridized carbons (Fsp3) is 0.370. The highest BCUT2D eigenvalue weighted by Crippen LogP contribution is 2.34. The van der Waals surface area contributed by atoms with E-state index in [2.05, 4.69) is 65.9 Å². The maximum absolute atomic E-state index is 13.6. The number of aromatic amines is 1. The van der Waals surface area contributed by atoms with Crippen LogP contribution in [-0.4, -0.2) is 61.1 Å². The number of nitrogens with zero attached hydrogens (tertiary/aromatic N) is 6. The summed E-state index contributed by atoms with van der Waals surface area (Å²) in [6.07, 6.45) is 1.84. The smallest absolute Gasteiger partial charge is 0.313 e. The van der Waals surface area contributed by atoms with E-state index in [0.717, 1.165) is 28.2 Å². The van der Waals surface area contributed by atoms with E-state index in [1.54, 1.807) is 11.0 Å². The molecule has 1 N–H and O–H groups in total. The molecule has 1 aromatic carbocycles. The second-order valence-electron chi connectivity index (χ2n) is 10.5. The first kappa shape index (κ1) is 22.5. The van der Waals surface area contributed by atoms with Crippen molar-refractivity contribution in [2.45, 2.75) is 46.2 Å². The fourth-order valence-corrected chi connectivity index (χ4v) is 5.57. The first-order valence-corrected chi connectivity index (χ1v) is 12.4. The molecule has 1 unspecified atom stereocenters. The van der Waals surface area contributed by atoms with Gasteiger partial charge in [-0.25, -0.2) is 0 Å². The summed E-state index contributed by atoms with van der Waals surface area (Å²) in [5.74, 6) is 0.0405. The standard InChI is InChI=1S/C27H29N7O2/c1-16(2)20-13-21(19-8-6-17(3)7-9-19)30-33-14-23-26(36)32-11-10-31(15-27(32,5)34(23)24(20)33)25(35)22-12-18(4)28-29-22/h6-9,12-14,16H,10-11,15H2,1-5H3/p+1. The van der Waals surface area contributed by atoms with Gasteiger partial charge >= 0.3 is 11.6 Å². The number of imidazole rings is 1. The summed E-state index contributed by atoms with van der Waals surface area (Å²) in [4.78, 5) is 30.5. The Balaban J connectivity index is 1.48. The zero-order valence-electron chi connectivity index (χ0n) is 21.2. The van der Waals surface area contributed by atoms with Gasteiger partial charge in [0.05, 0.1) is 6.54 Å². The van der Waals surface area contributed by atoms with Crippen molar-refractivity contribution in [1.29, 1.82) is 0 Å². The topological polar surface area (TPSA) is 90.5 Å². The van der Waals surface area contributed by atoms with Gasteiger partial charge < -0.3 is 4.90 Å². The van der Waals surface area contributed by atoms with Crippen LogP contribution in [-0.2, 0) is 5.66 Å². The molecule has 0 spiro atoms. The molecule has 0 aliphatic carbocycles. The Kier molecular flexibility index (Phi) is 4.83. The van der Waals surface area contributed by atoms with Gasteiger partial charge in [0.15, 0.2) is 6.20 Å². The molecule has 1 atom stereocenters. The van der Waals surface area contributed by atoms with Crippen molar-refractivity contribution in [1.82, 2.24) is 29.6 Å². The quantitative estimate of drug-likeness (QED) is 0.453. The van der Waals surface area contributed by atoms with Crippen LogP contribution in [0.4, 0.5) is 0 Å². The molecule has 0 saturated carbocycles.